The lowest BCUT2D eigenvalue weighted by molar-refractivity contribution is -0.136. The summed E-state index contributed by atoms with van der Waals surface area (Å²) in [6, 6.07) is 23.0. The van der Waals surface area contributed by atoms with Crippen LogP contribution in [0.4, 0.5) is 5.69 Å². The molecule has 1 saturated heterocycles. The SMILES string of the molecule is Cc1ccc(Cl)cc1N1CCN(C(=O)[C@H](Cc2ccccc2)N2Cc3ccccc3C2=O)CC1. The molecule has 0 aliphatic carbocycles. The minimum absolute atomic E-state index is 0.0208. The van der Waals surface area contributed by atoms with E-state index >= 15 is 0 Å². The average molecular weight is 474 g/mol. The van der Waals surface area contributed by atoms with E-state index in [-0.39, 0.29) is 11.8 Å². The Morgan fingerprint density at radius 2 is 1.65 bits per heavy atom. The van der Waals surface area contributed by atoms with Crippen LogP contribution in [-0.4, -0.2) is 53.8 Å². The summed E-state index contributed by atoms with van der Waals surface area (Å²) in [5, 5.41) is 0.717. The number of amides is 2. The molecule has 2 aliphatic heterocycles. The van der Waals surface area contributed by atoms with Crippen molar-refractivity contribution >= 4 is 29.1 Å². The van der Waals surface area contributed by atoms with Crippen molar-refractivity contribution < 1.29 is 9.59 Å². The van der Waals surface area contributed by atoms with E-state index in [0.29, 0.717) is 36.6 Å². The van der Waals surface area contributed by atoms with Gasteiger partial charge in [-0.3, -0.25) is 9.59 Å². The number of piperazine rings is 1. The maximum atomic E-state index is 13.8. The van der Waals surface area contributed by atoms with Crippen LogP contribution in [0.1, 0.15) is 27.0 Å². The highest BCUT2D eigenvalue weighted by Crippen LogP contribution is 2.28. The molecule has 0 aromatic heterocycles. The van der Waals surface area contributed by atoms with Crippen molar-refractivity contribution in [1.29, 1.82) is 0 Å². The highest BCUT2D eigenvalue weighted by Gasteiger charge is 2.38. The second kappa shape index (κ2) is 9.51. The van der Waals surface area contributed by atoms with Crippen molar-refractivity contribution in [3.63, 3.8) is 0 Å². The predicted molar refractivity (Wildman–Crippen MR) is 135 cm³/mol. The summed E-state index contributed by atoms with van der Waals surface area (Å²) in [5.74, 6) is -0.0365. The zero-order valence-corrected chi connectivity index (χ0v) is 20.0. The number of carbonyl (C=O) groups is 2. The highest BCUT2D eigenvalue weighted by molar-refractivity contribution is 6.30. The van der Waals surface area contributed by atoms with Gasteiger partial charge in [0.05, 0.1) is 0 Å². The smallest absolute Gasteiger partial charge is 0.255 e. The number of hydrogen-bond acceptors (Lipinski definition) is 3. The minimum atomic E-state index is -0.526. The van der Waals surface area contributed by atoms with E-state index in [2.05, 4.69) is 11.8 Å². The van der Waals surface area contributed by atoms with Crippen LogP contribution in [0, 0.1) is 6.92 Å². The molecule has 3 aromatic rings. The third-order valence-electron chi connectivity index (χ3n) is 6.89. The number of nitrogens with zero attached hydrogens (tertiary/aromatic N) is 3. The second-order valence-corrected chi connectivity index (χ2v) is 9.48. The van der Waals surface area contributed by atoms with Crippen LogP contribution in [0.5, 0.6) is 0 Å². The molecule has 5 rings (SSSR count). The third kappa shape index (κ3) is 4.40. The lowest BCUT2D eigenvalue weighted by Crippen LogP contribution is -2.55. The fourth-order valence-corrected chi connectivity index (χ4v) is 5.16. The van der Waals surface area contributed by atoms with E-state index in [1.165, 1.54) is 5.56 Å². The monoisotopic (exact) mass is 473 g/mol. The number of rotatable bonds is 5. The molecular formula is C28H28ClN3O2. The van der Waals surface area contributed by atoms with Crippen molar-refractivity contribution in [3.05, 3.63) is 100 Å². The lowest BCUT2D eigenvalue weighted by Gasteiger charge is -2.39. The highest BCUT2D eigenvalue weighted by atomic mass is 35.5. The maximum Gasteiger partial charge on any atom is 0.255 e. The number of hydrogen-bond donors (Lipinski definition) is 0. The topological polar surface area (TPSA) is 43.9 Å². The molecule has 0 saturated carbocycles. The summed E-state index contributed by atoms with van der Waals surface area (Å²) in [5.41, 5.74) is 5.03. The first kappa shape index (κ1) is 22.5. The Bertz CT molecular complexity index is 1210. The van der Waals surface area contributed by atoms with Gasteiger partial charge in [-0.2, -0.15) is 0 Å². The zero-order valence-electron chi connectivity index (χ0n) is 19.3. The summed E-state index contributed by atoms with van der Waals surface area (Å²) >= 11 is 6.23. The molecule has 2 heterocycles. The van der Waals surface area contributed by atoms with Gasteiger partial charge in [0.2, 0.25) is 5.91 Å². The Morgan fingerprint density at radius 1 is 0.941 bits per heavy atom. The van der Waals surface area contributed by atoms with Crippen molar-refractivity contribution in [3.8, 4) is 0 Å². The maximum absolute atomic E-state index is 13.8. The van der Waals surface area contributed by atoms with Gasteiger partial charge in [-0.15, -0.1) is 0 Å². The summed E-state index contributed by atoms with van der Waals surface area (Å²) in [6.45, 7) is 5.25. The lowest BCUT2D eigenvalue weighted by atomic mass is 10.0. The van der Waals surface area contributed by atoms with Crippen LogP contribution in [0.3, 0.4) is 0 Å². The first-order chi connectivity index (χ1) is 16.5. The van der Waals surface area contributed by atoms with Gasteiger partial charge in [0.1, 0.15) is 6.04 Å². The molecule has 3 aromatic carbocycles. The van der Waals surface area contributed by atoms with Crippen LogP contribution in [0.2, 0.25) is 5.02 Å². The van der Waals surface area contributed by atoms with Gasteiger partial charge in [0.15, 0.2) is 0 Å². The van der Waals surface area contributed by atoms with Crippen LogP contribution < -0.4 is 4.90 Å². The number of halogens is 1. The van der Waals surface area contributed by atoms with Gasteiger partial charge in [-0.05, 0) is 41.8 Å². The molecule has 5 nitrogen and oxygen atoms in total. The molecule has 1 fully saturated rings. The molecule has 0 spiro atoms. The predicted octanol–water partition coefficient (Wildman–Crippen LogP) is 4.56. The number of carbonyl (C=O) groups excluding carboxylic acids is 2. The van der Waals surface area contributed by atoms with E-state index in [4.69, 9.17) is 11.6 Å². The van der Waals surface area contributed by atoms with Gasteiger partial charge >= 0.3 is 0 Å². The van der Waals surface area contributed by atoms with Gasteiger partial charge in [-0.1, -0.05) is 66.2 Å². The Balaban J connectivity index is 1.35. The zero-order chi connectivity index (χ0) is 23.7. The van der Waals surface area contributed by atoms with E-state index in [9.17, 15) is 9.59 Å². The van der Waals surface area contributed by atoms with Gasteiger partial charge in [0, 0.05) is 55.4 Å². The van der Waals surface area contributed by atoms with Crippen LogP contribution in [-0.2, 0) is 17.8 Å². The Morgan fingerprint density at radius 3 is 2.38 bits per heavy atom. The number of anilines is 1. The Labute approximate surface area is 205 Å². The molecule has 174 valence electrons. The normalized spacial score (nSPS) is 16.5. The first-order valence-electron chi connectivity index (χ1n) is 11.7. The number of fused-ring (bicyclic) bond motifs is 1. The van der Waals surface area contributed by atoms with E-state index in [0.717, 1.165) is 29.9 Å². The van der Waals surface area contributed by atoms with Crippen molar-refractivity contribution in [2.45, 2.75) is 25.9 Å². The molecular weight excluding hydrogens is 446 g/mol. The van der Waals surface area contributed by atoms with Crippen molar-refractivity contribution in [2.75, 3.05) is 31.1 Å². The minimum Gasteiger partial charge on any atom is -0.368 e. The molecule has 0 unspecified atom stereocenters. The van der Waals surface area contributed by atoms with E-state index in [1.807, 2.05) is 77.7 Å². The fraction of sp³-hybridized carbons (Fsp3) is 0.286. The van der Waals surface area contributed by atoms with E-state index in [1.54, 1.807) is 4.90 Å². The first-order valence-corrected chi connectivity index (χ1v) is 12.1. The number of benzene rings is 3. The fourth-order valence-electron chi connectivity index (χ4n) is 5.00. The van der Waals surface area contributed by atoms with Crippen molar-refractivity contribution in [1.82, 2.24) is 9.80 Å². The Kier molecular flexibility index (Phi) is 6.29. The quantitative estimate of drug-likeness (QED) is 0.545. The van der Waals surface area contributed by atoms with Crippen LogP contribution in [0.15, 0.2) is 72.8 Å². The molecule has 0 bridgehead atoms. The van der Waals surface area contributed by atoms with Gasteiger partial charge < -0.3 is 14.7 Å². The van der Waals surface area contributed by atoms with E-state index < -0.39 is 6.04 Å². The summed E-state index contributed by atoms with van der Waals surface area (Å²) in [6.07, 6.45) is 0.507. The summed E-state index contributed by atoms with van der Waals surface area (Å²) in [7, 11) is 0. The second-order valence-electron chi connectivity index (χ2n) is 9.04. The van der Waals surface area contributed by atoms with Crippen molar-refractivity contribution in [2.24, 2.45) is 0 Å². The average Bonchev–Trinajstić information content (AvgIpc) is 3.20. The molecule has 0 N–H and O–H groups in total. The number of aryl methyl sites for hydroxylation is 1. The molecule has 0 radical (unpaired) electrons. The van der Waals surface area contributed by atoms with Crippen LogP contribution >= 0.6 is 11.6 Å². The van der Waals surface area contributed by atoms with Crippen LogP contribution in [0.25, 0.3) is 0 Å². The van der Waals surface area contributed by atoms with Gasteiger partial charge in [0.25, 0.3) is 5.91 Å². The standard InChI is InChI=1S/C28H28ClN3O2/c1-20-11-12-23(29)18-25(20)30-13-15-31(16-14-30)28(34)26(17-21-7-3-2-4-8-21)32-19-22-9-5-6-10-24(22)27(32)33/h2-12,18,26H,13-17,19H2,1H3/t26-/m0/s1. The molecule has 2 amide bonds. The summed E-state index contributed by atoms with van der Waals surface area (Å²) < 4.78 is 0. The molecule has 34 heavy (non-hydrogen) atoms. The largest absolute Gasteiger partial charge is 0.368 e. The summed E-state index contributed by atoms with van der Waals surface area (Å²) in [4.78, 5) is 33.1. The molecule has 1 atom stereocenters. The third-order valence-corrected chi connectivity index (χ3v) is 7.12. The van der Waals surface area contributed by atoms with Gasteiger partial charge in [-0.25, -0.2) is 0 Å². The molecule has 2 aliphatic rings. The Hall–Kier alpha value is -3.31. The molecule has 6 heteroatoms.